The van der Waals surface area contributed by atoms with E-state index in [0.717, 1.165) is 12.8 Å². The van der Waals surface area contributed by atoms with Gasteiger partial charge in [0.15, 0.2) is 0 Å². The van der Waals surface area contributed by atoms with Crippen LogP contribution in [0, 0.1) is 0 Å². The van der Waals surface area contributed by atoms with Gasteiger partial charge in [-0.25, -0.2) is 0 Å². The minimum atomic E-state index is -0.276. The summed E-state index contributed by atoms with van der Waals surface area (Å²) in [6, 6.07) is 0.170. The fourth-order valence-electron chi connectivity index (χ4n) is 1.55. The van der Waals surface area contributed by atoms with Crippen LogP contribution in [0.4, 0.5) is 0 Å². The Labute approximate surface area is 110 Å². The second kappa shape index (κ2) is 9.88. The van der Waals surface area contributed by atoms with Crippen LogP contribution in [0.3, 0.4) is 0 Å². The van der Waals surface area contributed by atoms with Crippen LogP contribution in [0.5, 0.6) is 0 Å². The molecule has 1 N–H and O–H groups in total. The average molecular weight is 258 g/mol. The van der Waals surface area contributed by atoms with Gasteiger partial charge in [0.2, 0.25) is 5.91 Å². The van der Waals surface area contributed by atoms with Gasteiger partial charge < -0.3 is 10.1 Å². The third-order valence-electron chi connectivity index (χ3n) is 2.58. The Balaban J connectivity index is 4.17. The molecule has 0 saturated heterocycles. The summed E-state index contributed by atoms with van der Waals surface area (Å²) in [7, 11) is 0. The Kier molecular flexibility index (Phi) is 9.28. The molecule has 106 valence electrons. The topological polar surface area (TPSA) is 58.6 Å². The molecule has 5 heteroatoms. The maximum absolute atomic E-state index is 11.7. The summed E-state index contributed by atoms with van der Waals surface area (Å²) >= 11 is 0. The smallest absolute Gasteiger partial charge is 0.320 e. The first-order valence-electron chi connectivity index (χ1n) is 6.70. The lowest BCUT2D eigenvalue weighted by atomic mass is 10.2. The summed E-state index contributed by atoms with van der Waals surface area (Å²) in [5.74, 6) is -0.315. The van der Waals surface area contributed by atoms with Crippen molar-refractivity contribution < 1.29 is 14.3 Å². The van der Waals surface area contributed by atoms with Gasteiger partial charge in [-0.1, -0.05) is 13.8 Å². The third kappa shape index (κ3) is 8.06. The molecule has 0 aliphatic rings. The highest BCUT2D eigenvalue weighted by Gasteiger charge is 2.15. The summed E-state index contributed by atoms with van der Waals surface area (Å²) in [5.41, 5.74) is 0. The molecule has 1 amide bonds. The molecule has 0 bridgehead atoms. The normalized spacial score (nSPS) is 12.3. The van der Waals surface area contributed by atoms with Crippen LogP contribution >= 0.6 is 0 Å². The van der Waals surface area contributed by atoms with Crippen LogP contribution in [0.15, 0.2) is 0 Å². The van der Waals surface area contributed by atoms with Gasteiger partial charge in [-0.2, -0.15) is 0 Å². The van der Waals surface area contributed by atoms with E-state index in [1.54, 1.807) is 6.92 Å². The van der Waals surface area contributed by atoms with Gasteiger partial charge in [0.25, 0.3) is 0 Å². The molecule has 0 aliphatic heterocycles. The lowest BCUT2D eigenvalue weighted by molar-refractivity contribution is -0.144. The lowest BCUT2D eigenvalue weighted by Crippen LogP contribution is -2.43. The van der Waals surface area contributed by atoms with Crippen LogP contribution < -0.4 is 5.32 Å². The number of esters is 1. The Bertz CT molecular complexity index is 257. The number of carbonyl (C=O) groups excluding carboxylic acids is 2. The van der Waals surface area contributed by atoms with Crippen molar-refractivity contribution in [3.63, 3.8) is 0 Å². The summed E-state index contributed by atoms with van der Waals surface area (Å²) < 4.78 is 4.89. The minimum Gasteiger partial charge on any atom is -0.465 e. The van der Waals surface area contributed by atoms with Crippen molar-refractivity contribution in [1.29, 1.82) is 0 Å². The first-order chi connectivity index (χ1) is 8.53. The predicted molar refractivity (Wildman–Crippen MR) is 71.3 cm³/mol. The SMILES string of the molecule is CCCN(CC(=O)NC(C)CC)CC(=O)OCC. The molecule has 0 aromatic heterocycles. The Hall–Kier alpha value is -1.10. The quantitative estimate of drug-likeness (QED) is 0.631. The molecule has 0 heterocycles. The first kappa shape index (κ1) is 16.9. The zero-order valence-corrected chi connectivity index (χ0v) is 12.0. The maximum atomic E-state index is 11.7. The molecule has 0 fully saturated rings. The van der Waals surface area contributed by atoms with E-state index in [4.69, 9.17) is 4.74 Å². The van der Waals surface area contributed by atoms with Crippen LogP contribution in [0.25, 0.3) is 0 Å². The molecular weight excluding hydrogens is 232 g/mol. The molecule has 0 aromatic rings. The van der Waals surface area contributed by atoms with Gasteiger partial charge in [-0.15, -0.1) is 0 Å². The number of carbonyl (C=O) groups is 2. The van der Waals surface area contributed by atoms with Crippen molar-refractivity contribution in [2.45, 2.75) is 46.6 Å². The van der Waals surface area contributed by atoms with Crippen LogP contribution in [-0.4, -0.2) is 49.1 Å². The maximum Gasteiger partial charge on any atom is 0.320 e. The van der Waals surface area contributed by atoms with E-state index >= 15 is 0 Å². The van der Waals surface area contributed by atoms with Crippen molar-refractivity contribution in [2.24, 2.45) is 0 Å². The minimum absolute atomic E-state index is 0.0397. The monoisotopic (exact) mass is 258 g/mol. The fourth-order valence-corrected chi connectivity index (χ4v) is 1.55. The standard InChI is InChI=1S/C13H26N2O3/c1-5-8-15(10-13(17)18-7-3)9-12(16)14-11(4)6-2/h11H,5-10H2,1-4H3,(H,14,16). The van der Waals surface area contributed by atoms with Crippen molar-refractivity contribution in [3.05, 3.63) is 0 Å². The van der Waals surface area contributed by atoms with Gasteiger partial charge in [-0.05, 0) is 33.2 Å². The lowest BCUT2D eigenvalue weighted by Gasteiger charge is -2.21. The molecule has 0 aliphatic carbocycles. The van der Waals surface area contributed by atoms with Gasteiger partial charge in [0.1, 0.15) is 0 Å². The molecule has 18 heavy (non-hydrogen) atoms. The molecule has 1 atom stereocenters. The number of rotatable bonds is 9. The van der Waals surface area contributed by atoms with E-state index in [-0.39, 0.29) is 31.0 Å². The van der Waals surface area contributed by atoms with Crippen LogP contribution in [0.2, 0.25) is 0 Å². The highest BCUT2D eigenvalue weighted by atomic mass is 16.5. The largest absolute Gasteiger partial charge is 0.465 e. The van der Waals surface area contributed by atoms with E-state index in [1.807, 2.05) is 25.7 Å². The molecule has 0 radical (unpaired) electrons. The Morgan fingerprint density at radius 1 is 1.22 bits per heavy atom. The van der Waals surface area contributed by atoms with Crippen molar-refractivity contribution in [3.8, 4) is 0 Å². The summed E-state index contributed by atoms with van der Waals surface area (Å²) in [4.78, 5) is 24.9. The van der Waals surface area contributed by atoms with E-state index in [1.165, 1.54) is 0 Å². The van der Waals surface area contributed by atoms with Gasteiger partial charge in [0.05, 0.1) is 19.7 Å². The highest BCUT2D eigenvalue weighted by molar-refractivity contribution is 5.79. The molecule has 0 rings (SSSR count). The van der Waals surface area contributed by atoms with Crippen molar-refractivity contribution in [1.82, 2.24) is 10.2 Å². The van der Waals surface area contributed by atoms with Crippen LogP contribution in [-0.2, 0) is 14.3 Å². The summed E-state index contributed by atoms with van der Waals surface area (Å²) in [6.45, 7) is 9.29. The van der Waals surface area contributed by atoms with Crippen LogP contribution in [0.1, 0.15) is 40.5 Å². The summed E-state index contributed by atoms with van der Waals surface area (Å²) in [5, 5.41) is 2.89. The van der Waals surface area contributed by atoms with Gasteiger partial charge in [0, 0.05) is 6.04 Å². The third-order valence-corrected chi connectivity index (χ3v) is 2.58. The number of nitrogens with one attached hydrogen (secondary N) is 1. The number of nitrogens with zero attached hydrogens (tertiary/aromatic N) is 1. The van der Waals surface area contributed by atoms with E-state index in [9.17, 15) is 9.59 Å². The van der Waals surface area contributed by atoms with E-state index < -0.39 is 0 Å². The van der Waals surface area contributed by atoms with E-state index in [0.29, 0.717) is 13.2 Å². The van der Waals surface area contributed by atoms with E-state index in [2.05, 4.69) is 5.32 Å². The Morgan fingerprint density at radius 3 is 2.39 bits per heavy atom. The summed E-state index contributed by atoms with van der Waals surface area (Å²) in [6.07, 6.45) is 1.80. The van der Waals surface area contributed by atoms with Crippen molar-refractivity contribution in [2.75, 3.05) is 26.2 Å². The van der Waals surface area contributed by atoms with Crippen molar-refractivity contribution >= 4 is 11.9 Å². The first-order valence-corrected chi connectivity index (χ1v) is 6.70. The highest BCUT2D eigenvalue weighted by Crippen LogP contribution is 1.95. The zero-order valence-electron chi connectivity index (χ0n) is 12.0. The van der Waals surface area contributed by atoms with Gasteiger partial charge in [-0.3, -0.25) is 14.5 Å². The predicted octanol–water partition coefficient (Wildman–Crippen LogP) is 1.18. The number of hydrogen-bond donors (Lipinski definition) is 1. The molecule has 1 unspecified atom stereocenters. The molecular formula is C13H26N2O3. The number of hydrogen-bond acceptors (Lipinski definition) is 4. The number of amides is 1. The molecule has 0 spiro atoms. The second-order valence-electron chi connectivity index (χ2n) is 4.39. The van der Waals surface area contributed by atoms with Gasteiger partial charge >= 0.3 is 5.97 Å². The molecule has 5 nitrogen and oxygen atoms in total. The zero-order chi connectivity index (χ0) is 14.0. The fraction of sp³-hybridized carbons (Fsp3) is 0.846. The Morgan fingerprint density at radius 2 is 1.89 bits per heavy atom. The molecule has 0 aromatic carbocycles. The average Bonchev–Trinajstić information content (AvgIpc) is 2.29. The second-order valence-corrected chi connectivity index (χ2v) is 4.39. The molecule has 0 saturated carbocycles. The number of ether oxygens (including phenoxy) is 1.